The van der Waals surface area contributed by atoms with Crippen LogP contribution >= 0.6 is 27.5 Å². The van der Waals surface area contributed by atoms with Crippen LogP contribution in [0.4, 0.5) is 5.69 Å². The van der Waals surface area contributed by atoms with Crippen molar-refractivity contribution in [2.75, 3.05) is 18.6 Å². The summed E-state index contributed by atoms with van der Waals surface area (Å²) < 4.78 is 5.60. The van der Waals surface area contributed by atoms with Crippen LogP contribution in [0.15, 0.2) is 53.0 Å². The van der Waals surface area contributed by atoms with E-state index < -0.39 is 23.8 Å². The van der Waals surface area contributed by atoms with Crippen LogP contribution in [0, 0.1) is 5.92 Å². The minimum atomic E-state index is -0.823. The average molecular weight is 480 g/mol. The summed E-state index contributed by atoms with van der Waals surface area (Å²) in [5.41, 5.74) is 1.33. The maximum Gasteiger partial charge on any atom is 0.307 e. The number of amides is 2. The van der Waals surface area contributed by atoms with Crippen molar-refractivity contribution in [1.82, 2.24) is 5.32 Å². The van der Waals surface area contributed by atoms with E-state index in [0.29, 0.717) is 23.6 Å². The molecule has 0 aliphatic carbocycles. The van der Waals surface area contributed by atoms with Crippen molar-refractivity contribution in [3.05, 3.63) is 63.6 Å². The summed E-state index contributed by atoms with van der Waals surface area (Å²) in [6.45, 7) is 0.446. The lowest BCUT2D eigenvalue weighted by Gasteiger charge is -2.21. The molecule has 1 aliphatic heterocycles. The molecule has 2 aromatic rings. The summed E-state index contributed by atoms with van der Waals surface area (Å²) in [7, 11) is 1.28. The topological polar surface area (TPSA) is 75.7 Å². The van der Waals surface area contributed by atoms with Gasteiger partial charge in [-0.1, -0.05) is 51.8 Å². The number of nitrogens with zero attached hydrogens (tertiary/aromatic N) is 1. The van der Waals surface area contributed by atoms with Gasteiger partial charge in [-0.05, 0) is 36.2 Å². The van der Waals surface area contributed by atoms with Crippen molar-refractivity contribution < 1.29 is 19.1 Å². The number of esters is 1. The second-order valence-corrected chi connectivity index (χ2v) is 8.00. The average Bonchev–Trinajstić information content (AvgIpc) is 3.09. The summed E-state index contributed by atoms with van der Waals surface area (Å²) in [4.78, 5) is 39.2. The van der Waals surface area contributed by atoms with E-state index in [-0.39, 0.29) is 12.3 Å². The summed E-state index contributed by atoms with van der Waals surface area (Å²) in [6.07, 6.45) is 0.312. The predicted octanol–water partition coefficient (Wildman–Crippen LogP) is 3.88. The van der Waals surface area contributed by atoms with Crippen LogP contribution in [-0.4, -0.2) is 31.4 Å². The molecule has 2 aromatic carbocycles. The van der Waals surface area contributed by atoms with Gasteiger partial charge in [0.2, 0.25) is 11.8 Å². The molecule has 8 heteroatoms. The molecule has 0 bridgehead atoms. The van der Waals surface area contributed by atoms with E-state index in [0.717, 1.165) is 10.2 Å². The molecule has 1 saturated heterocycles. The molecular formula is C21H20BrClN2O4. The quantitative estimate of drug-likeness (QED) is 0.504. The zero-order chi connectivity index (χ0) is 21.0. The minimum absolute atomic E-state index is 0.0811. The molecule has 0 radical (unpaired) electrons. The Labute approximate surface area is 182 Å². The monoisotopic (exact) mass is 478 g/mol. The van der Waals surface area contributed by atoms with Gasteiger partial charge in [0, 0.05) is 21.7 Å². The third-order valence-corrected chi connectivity index (χ3v) is 5.67. The number of methoxy groups -OCH3 is 1. The van der Waals surface area contributed by atoms with Gasteiger partial charge in [0.05, 0.1) is 19.6 Å². The summed E-state index contributed by atoms with van der Waals surface area (Å²) in [6, 6.07) is 13.6. The van der Waals surface area contributed by atoms with Gasteiger partial charge in [-0.3, -0.25) is 14.4 Å². The molecule has 2 atom stereocenters. The number of benzene rings is 2. The second kappa shape index (κ2) is 9.41. The number of anilines is 1. The number of nitrogens with one attached hydrogen (secondary N) is 1. The fourth-order valence-electron chi connectivity index (χ4n) is 3.34. The van der Waals surface area contributed by atoms with Gasteiger partial charge in [-0.15, -0.1) is 0 Å². The lowest BCUT2D eigenvalue weighted by molar-refractivity contribution is -0.141. The molecule has 3 rings (SSSR count). The largest absolute Gasteiger partial charge is 0.469 e. The van der Waals surface area contributed by atoms with E-state index in [2.05, 4.69) is 21.2 Å². The lowest BCUT2D eigenvalue weighted by atomic mass is 10.0. The van der Waals surface area contributed by atoms with Crippen LogP contribution in [-0.2, 0) is 19.1 Å². The van der Waals surface area contributed by atoms with E-state index in [1.807, 2.05) is 24.3 Å². The third-order valence-electron chi connectivity index (χ3n) is 4.84. The first-order chi connectivity index (χ1) is 13.9. The number of carbonyl (C=O) groups is 3. The third kappa shape index (κ3) is 4.97. The zero-order valence-corrected chi connectivity index (χ0v) is 18.1. The van der Waals surface area contributed by atoms with Crippen LogP contribution in [0.2, 0.25) is 5.02 Å². The Morgan fingerprint density at radius 2 is 2.03 bits per heavy atom. The summed E-state index contributed by atoms with van der Waals surface area (Å²) in [5, 5.41) is 3.24. The molecule has 1 heterocycles. The molecule has 0 saturated carbocycles. The molecule has 0 spiro atoms. The lowest BCUT2D eigenvalue weighted by Crippen LogP contribution is -2.39. The van der Waals surface area contributed by atoms with Crippen LogP contribution in [0.25, 0.3) is 0 Å². The summed E-state index contributed by atoms with van der Waals surface area (Å²) in [5.74, 6) is -2.00. The van der Waals surface area contributed by atoms with Gasteiger partial charge >= 0.3 is 5.97 Å². The van der Waals surface area contributed by atoms with Gasteiger partial charge in [-0.25, -0.2) is 0 Å². The highest BCUT2D eigenvalue weighted by molar-refractivity contribution is 9.10. The molecular weight excluding hydrogens is 460 g/mol. The van der Waals surface area contributed by atoms with Crippen molar-refractivity contribution in [3.63, 3.8) is 0 Å². The van der Waals surface area contributed by atoms with Crippen molar-refractivity contribution >= 4 is 51.0 Å². The highest BCUT2D eigenvalue weighted by Gasteiger charge is 2.38. The molecule has 2 unspecified atom stereocenters. The van der Waals surface area contributed by atoms with Gasteiger partial charge in [0.1, 0.15) is 5.92 Å². The van der Waals surface area contributed by atoms with Crippen molar-refractivity contribution in [3.8, 4) is 0 Å². The molecule has 0 aromatic heterocycles. The number of hydrogen-bond donors (Lipinski definition) is 1. The Bertz CT molecular complexity index is 936. The van der Waals surface area contributed by atoms with E-state index >= 15 is 0 Å². The van der Waals surface area contributed by atoms with Gasteiger partial charge in [0.25, 0.3) is 0 Å². The Balaban J connectivity index is 1.77. The Morgan fingerprint density at radius 3 is 2.72 bits per heavy atom. The molecule has 1 N–H and O–H groups in total. The smallest absolute Gasteiger partial charge is 0.307 e. The first-order valence-electron chi connectivity index (χ1n) is 9.09. The van der Waals surface area contributed by atoms with Crippen molar-refractivity contribution in [1.29, 1.82) is 0 Å². The standard InChI is InChI=1S/C21H20BrClN2O4/c1-29-19(26)12-18(15-7-2-3-8-17(15)23)24-20(27)16-9-10-25(21(16)28)14-6-4-5-13(22)11-14/h2-8,11,16,18H,9-10,12H2,1H3,(H,24,27). The maximum absolute atomic E-state index is 12.9. The number of carbonyl (C=O) groups excluding carboxylic acids is 3. The Kier molecular flexibility index (Phi) is 6.92. The number of ether oxygens (including phenoxy) is 1. The highest BCUT2D eigenvalue weighted by atomic mass is 79.9. The maximum atomic E-state index is 12.9. The highest BCUT2D eigenvalue weighted by Crippen LogP contribution is 2.30. The first-order valence-corrected chi connectivity index (χ1v) is 10.3. The second-order valence-electron chi connectivity index (χ2n) is 6.67. The molecule has 152 valence electrons. The minimum Gasteiger partial charge on any atom is -0.469 e. The van der Waals surface area contributed by atoms with Crippen molar-refractivity contribution in [2.45, 2.75) is 18.9 Å². The Hall–Kier alpha value is -2.38. The fraction of sp³-hybridized carbons (Fsp3) is 0.286. The number of hydrogen-bond acceptors (Lipinski definition) is 4. The van der Waals surface area contributed by atoms with E-state index in [4.69, 9.17) is 16.3 Å². The Morgan fingerprint density at radius 1 is 1.28 bits per heavy atom. The molecule has 6 nitrogen and oxygen atoms in total. The van der Waals surface area contributed by atoms with Crippen LogP contribution in [0.1, 0.15) is 24.4 Å². The van der Waals surface area contributed by atoms with Gasteiger partial charge < -0.3 is 15.0 Å². The summed E-state index contributed by atoms with van der Waals surface area (Å²) >= 11 is 9.65. The van der Waals surface area contributed by atoms with E-state index in [1.54, 1.807) is 29.2 Å². The molecule has 2 amide bonds. The number of rotatable bonds is 6. The molecule has 29 heavy (non-hydrogen) atoms. The number of halogens is 2. The normalized spacial score (nSPS) is 17.1. The van der Waals surface area contributed by atoms with Gasteiger partial charge in [-0.2, -0.15) is 0 Å². The molecule has 1 aliphatic rings. The zero-order valence-electron chi connectivity index (χ0n) is 15.7. The van der Waals surface area contributed by atoms with E-state index in [9.17, 15) is 14.4 Å². The van der Waals surface area contributed by atoms with E-state index in [1.165, 1.54) is 7.11 Å². The van der Waals surface area contributed by atoms with Gasteiger partial charge in [0.15, 0.2) is 0 Å². The fourth-order valence-corrected chi connectivity index (χ4v) is 4.00. The van der Waals surface area contributed by atoms with Crippen LogP contribution in [0.3, 0.4) is 0 Å². The van der Waals surface area contributed by atoms with Crippen LogP contribution in [0.5, 0.6) is 0 Å². The first kappa shape index (κ1) is 21.3. The van der Waals surface area contributed by atoms with Crippen LogP contribution < -0.4 is 10.2 Å². The molecule has 1 fully saturated rings. The predicted molar refractivity (Wildman–Crippen MR) is 114 cm³/mol. The van der Waals surface area contributed by atoms with Crippen molar-refractivity contribution in [2.24, 2.45) is 5.92 Å². The SMILES string of the molecule is COC(=O)CC(NC(=O)C1CCN(c2cccc(Br)c2)C1=O)c1ccccc1Cl.